The fourth-order valence-electron chi connectivity index (χ4n) is 1.38. The van der Waals surface area contributed by atoms with Gasteiger partial charge in [0, 0.05) is 6.20 Å². The van der Waals surface area contributed by atoms with Crippen LogP contribution < -0.4 is 5.32 Å². The zero-order valence-electron chi connectivity index (χ0n) is 9.60. The molecule has 1 atom stereocenters. The maximum absolute atomic E-state index is 11.0. The summed E-state index contributed by atoms with van der Waals surface area (Å²) in [5, 5.41) is 11.9. The summed E-state index contributed by atoms with van der Waals surface area (Å²) in [6.45, 7) is 3.81. The molecule has 0 radical (unpaired) electrons. The van der Waals surface area contributed by atoms with Crippen molar-refractivity contribution < 1.29 is 9.90 Å². The Bertz CT molecular complexity index is 355. The van der Waals surface area contributed by atoms with Crippen molar-refractivity contribution in [2.75, 3.05) is 5.32 Å². The molecular formula is C11H17N3O2. The number of hydrogen-bond donors (Lipinski definition) is 2. The molecular weight excluding hydrogens is 206 g/mol. The monoisotopic (exact) mass is 223 g/mol. The molecule has 0 fully saturated rings. The number of rotatable bonds is 6. The summed E-state index contributed by atoms with van der Waals surface area (Å²) in [4.78, 5) is 19.1. The molecule has 0 aliphatic heterocycles. The Morgan fingerprint density at radius 3 is 2.94 bits per heavy atom. The molecule has 16 heavy (non-hydrogen) atoms. The average molecular weight is 223 g/mol. The van der Waals surface area contributed by atoms with Crippen LogP contribution in [0.15, 0.2) is 12.3 Å². The van der Waals surface area contributed by atoms with Gasteiger partial charge in [-0.1, -0.05) is 19.8 Å². The van der Waals surface area contributed by atoms with Gasteiger partial charge in [-0.3, -0.25) is 0 Å². The van der Waals surface area contributed by atoms with Gasteiger partial charge in [-0.15, -0.1) is 0 Å². The molecule has 0 aliphatic rings. The van der Waals surface area contributed by atoms with E-state index in [9.17, 15) is 4.79 Å². The average Bonchev–Trinajstić information content (AvgIpc) is 2.24. The molecule has 0 aromatic carbocycles. The second kappa shape index (κ2) is 6.05. The highest BCUT2D eigenvalue weighted by Crippen LogP contribution is 2.09. The Hall–Kier alpha value is -1.65. The first kappa shape index (κ1) is 12.4. The Morgan fingerprint density at radius 1 is 1.62 bits per heavy atom. The highest BCUT2D eigenvalue weighted by Gasteiger charge is 2.16. The van der Waals surface area contributed by atoms with Gasteiger partial charge >= 0.3 is 5.97 Å². The van der Waals surface area contributed by atoms with Crippen molar-refractivity contribution in [3.63, 3.8) is 0 Å². The lowest BCUT2D eigenvalue weighted by Crippen LogP contribution is -2.29. The quantitative estimate of drug-likeness (QED) is 0.769. The zero-order valence-corrected chi connectivity index (χ0v) is 9.60. The number of nitrogens with zero attached hydrogens (tertiary/aromatic N) is 2. The lowest BCUT2D eigenvalue weighted by atomic mass is 10.1. The second-order valence-corrected chi connectivity index (χ2v) is 3.67. The standard InChI is InChI=1S/C11H17N3O2/c1-3-4-5-9(11(15)16)14-10-6-7-12-8(2)13-10/h6-7,9H,3-5H2,1-2H3,(H,15,16)(H,12,13,14). The number of nitrogens with one attached hydrogen (secondary N) is 1. The first-order chi connectivity index (χ1) is 7.63. The minimum Gasteiger partial charge on any atom is -0.480 e. The maximum atomic E-state index is 11.0. The van der Waals surface area contributed by atoms with Crippen LogP contribution in [0.4, 0.5) is 5.82 Å². The number of aryl methyl sites for hydroxylation is 1. The van der Waals surface area contributed by atoms with Gasteiger partial charge in [0.05, 0.1) is 0 Å². The molecule has 0 bridgehead atoms. The van der Waals surface area contributed by atoms with Crippen molar-refractivity contribution >= 4 is 11.8 Å². The molecule has 2 N–H and O–H groups in total. The van der Waals surface area contributed by atoms with Crippen molar-refractivity contribution in [2.45, 2.75) is 39.2 Å². The first-order valence-electron chi connectivity index (χ1n) is 5.42. The number of carboxylic acids is 1. The van der Waals surface area contributed by atoms with E-state index in [4.69, 9.17) is 5.11 Å². The van der Waals surface area contributed by atoms with E-state index in [1.54, 1.807) is 19.2 Å². The van der Waals surface area contributed by atoms with Gasteiger partial charge in [0.25, 0.3) is 0 Å². The van der Waals surface area contributed by atoms with E-state index in [1.807, 2.05) is 6.92 Å². The van der Waals surface area contributed by atoms with E-state index in [2.05, 4.69) is 15.3 Å². The second-order valence-electron chi connectivity index (χ2n) is 3.67. The summed E-state index contributed by atoms with van der Waals surface area (Å²) < 4.78 is 0. The largest absolute Gasteiger partial charge is 0.480 e. The Balaban J connectivity index is 2.64. The lowest BCUT2D eigenvalue weighted by Gasteiger charge is -2.14. The van der Waals surface area contributed by atoms with Crippen molar-refractivity contribution in [2.24, 2.45) is 0 Å². The Labute approximate surface area is 94.9 Å². The van der Waals surface area contributed by atoms with Gasteiger partial charge in [-0.25, -0.2) is 14.8 Å². The molecule has 5 nitrogen and oxygen atoms in total. The number of carboxylic acid groups (broad SMARTS) is 1. The molecule has 5 heteroatoms. The van der Waals surface area contributed by atoms with Crippen LogP contribution in [0, 0.1) is 6.92 Å². The minimum absolute atomic E-state index is 0.566. The SMILES string of the molecule is CCCCC(Nc1ccnc(C)n1)C(=O)O. The van der Waals surface area contributed by atoms with Crippen LogP contribution >= 0.6 is 0 Å². The van der Waals surface area contributed by atoms with Crippen molar-refractivity contribution in [3.05, 3.63) is 18.1 Å². The highest BCUT2D eigenvalue weighted by molar-refractivity contribution is 5.76. The molecule has 0 amide bonds. The minimum atomic E-state index is -0.843. The van der Waals surface area contributed by atoms with Crippen LogP contribution in [0.5, 0.6) is 0 Å². The number of aromatic nitrogens is 2. The Morgan fingerprint density at radius 2 is 2.38 bits per heavy atom. The third kappa shape index (κ3) is 3.84. The van der Waals surface area contributed by atoms with E-state index in [1.165, 1.54) is 0 Å². The molecule has 88 valence electrons. The van der Waals surface area contributed by atoms with Gasteiger partial charge in [0.15, 0.2) is 0 Å². The van der Waals surface area contributed by atoms with Gasteiger partial charge in [-0.2, -0.15) is 0 Å². The van der Waals surface area contributed by atoms with Crippen molar-refractivity contribution in [1.29, 1.82) is 0 Å². The molecule has 1 unspecified atom stereocenters. The first-order valence-corrected chi connectivity index (χ1v) is 5.42. The Kier molecular flexibility index (Phi) is 4.69. The van der Waals surface area contributed by atoms with Crippen molar-refractivity contribution in [1.82, 2.24) is 9.97 Å². The van der Waals surface area contributed by atoms with Gasteiger partial charge in [-0.05, 0) is 19.4 Å². The predicted octanol–water partition coefficient (Wildman–Crippen LogP) is 1.84. The van der Waals surface area contributed by atoms with Crippen LogP contribution in [-0.2, 0) is 4.79 Å². The van der Waals surface area contributed by atoms with Crippen molar-refractivity contribution in [3.8, 4) is 0 Å². The topological polar surface area (TPSA) is 75.1 Å². The highest BCUT2D eigenvalue weighted by atomic mass is 16.4. The van der Waals surface area contributed by atoms with Gasteiger partial charge in [0.2, 0.25) is 0 Å². The molecule has 1 aromatic heterocycles. The summed E-state index contributed by atoms with van der Waals surface area (Å²) in [5.74, 6) is 0.352. The third-order valence-electron chi connectivity index (χ3n) is 2.24. The van der Waals surface area contributed by atoms with Crippen LogP contribution in [0.1, 0.15) is 32.0 Å². The molecule has 1 heterocycles. The number of anilines is 1. The van der Waals surface area contributed by atoms with Crippen LogP contribution in [0.25, 0.3) is 0 Å². The molecule has 1 rings (SSSR count). The summed E-state index contributed by atoms with van der Waals surface area (Å²) in [7, 11) is 0. The summed E-state index contributed by atoms with van der Waals surface area (Å²) in [6.07, 6.45) is 4.08. The summed E-state index contributed by atoms with van der Waals surface area (Å²) >= 11 is 0. The molecule has 1 aromatic rings. The zero-order chi connectivity index (χ0) is 12.0. The summed E-state index contributed by atoms with van der Waals surface area (Å²) in [5.41, 5.74) is 0. The van der Waals surface area contributed by atoms with E-state index in [0.717, 1.165) is 12.8 Å². The fourth-order valence-corrected chi connectivity index (χ4v) is 1.38. The maximum Gasteiger partial charge on any atom is 0.326 e. The number of hydrogen-bond acceptors (Lipinski definition) is 4. The van der Waals surface area contributed by atoms with E-state index in [-0.39, 0.29) is 0 Å². The van der Waals surface area contributed by atoms with Crippen LogP contribution in [0.3, 0.4) is 0 Å². The number of unbranched alkanes of at least 4 members (excludes halogenated alkanes) is 1. The lowest BCUT2D eigenvalue weighted by molar-refractivity contribution is -0.138. The van der Waals surface area contributed by atoms with E-state index >= 15 is 0 Å². The number of carbonyl (C=O) groups is 1. The fraction of sp³-hybridized carbons (Fsp3) is 0.545. The predicted molar refractivity (Wildman–Crippen MR) is 61.3 cm³/mol. The molecule has 0 saturated carbocycles. The molecule has 0 aliphatic carbocycles. The van der Waals surface area contributed by atoms with Crippen LogP contribution in [0.2, 0.25) is 0 Å². The van der Waals surface area contributed by atoms with Gasteiger partial charge in [0.1, 0.15) is 17.7 Å². The molecule has 0 saturated heterocycles. The van der Waals surface area contributed by atoms with E-state index < -0.39 is 12.0 Å². The normalized spacial score (nSPS) is 12.1. The molecule has 0 spiro atoms. The number of aliphatic carboxylic acids is 1. The van der Waals surface area contributed by atoms with E-state index in [0.29, 0.717) is 18.1 Å². The van der Waals surface area contributed by atoms with Crippen LogP contribution in [-0.4, -0.2) is 27.1 Å². The summed E-state index contributed by atoms with van der Waals surface area (Å²) in [6, 6.07) is 1.10. The smallest absolute Gasteiger partial charge is 0.326 e. The third-order valence-corrected chi connectivity index (χ3v) is 2.24. The van der Waals surface area contributed by atoms with Gasteiger partial charge < -0.3 is 10.4 Å².